The number of amides is 1. The molecule has 1 saturated heterocycles. The van der Waals surface area contributed by atoms with Crippen molar-refractivity contribution in [1.29, 1.82) is 5.26 Å². The van der Waals surface area contributed by atoms with E-state index in [4.69, 9.17) is 14.1 Å². The largest absolute Gasteiger partial charge is 0.469 e. The number of hydrogen-bond donors (Lipinski definition) is 0. The highest BCUT2D eigenvalue weighted by molar-refractivity contribution is 5.95. The fourth-order valence-corrected chi connectivity index (χ4v) is 5.28. The Kier molecular flexibility index (Phi) is 5.06. The number of nitrogens with zero attached hydrogens (tertiary/aromatic N) is 4. The number of hydrogen-bond acceptors (Lipinski definition) is 6. The second-order valence-electron chi connectivity index (χ2n) is 10.8. The van der Waals surface area contributed by atoms with Crippen molar-refractivity contribution >= 4 is 11.7 Å². The number of carbonyl (C=O) groups is 1. The van der Waals surface area contributed by atoms with Gasteiger partial charge in [-0.2, -0.15) is 5.26 Å². The summed E-state index contributed by atoms with van der Waals surface area (Å²) in [5.41, 5.74) is 3.90. The predicted molar refractivity (Wildman–Crippen MR) is 124 cm³/mol. The van der Waals surface area contributed by atoms with Gasteiger partial charge in [-0.05, 0) is 59.1 Å². The zero-order valence-electron chi connectivity index (χ0n) is 20.2. The van der Waals surface area contributed by atoms with Gasteiger partial charge in [0.05, 0.1) is 40.8 Å². The van der Waals surface area contributed by atoms with Gasteiger partial charge in [0.15, 0.2) is 0 Å². The number of fused-ring (bicyclic) bond motifs is 1. The standard InChI is InChI=1S/C26H32N4O3/c1-16-18(8-11-32-16)24(31)30-10-9-29(15-25(30,2)3)23-20(13-27)19-12-26(4,5)33-14-21(19)22(28-23)17-6-7-17/h8,11,17H,6-7,9-10,12,14-15H2,1-5H3. The maximum Gasteiger partial charge on any atom is 0.257 e. The van der Waals surface area contributed by atoms with Gasteiger partial charge >= 0.3 is 0 Å². The highest BCUT2D eigenvalue weighted by Gasteiger charge is 2.41. The number of furan rings is 1. The van der Waals surface area contributed by atoms with Crippen LogP contribution in [0.1, 0.15) is 85.0 Å². The smallest absolute Gasteiger partial charge is 0.257 e. The maximum absolute atomic E-state index is 13.2. The molecule has 0 N–H and O–H groups in total. The summed E-state index contributed by atoms with van der Waals surface area (Å²) >= 11 is 0. The molecule has 7 nitrogen and oxygen atoms in total. The van der Waals surface area contributed by atoms with Crippen molar-refractivity contribution in [3.8, 4) is 6.07 Å². The summed E-state index contributed by atoms with van der Waals surface area (Å²) in [5, 5.41) is 10.2. The van der Waals surface area contributed by atoms with E-state index in [1.165, 1.54) is 0 Å². The third kappa shape index (κ3) is 3.80. The third-order valence-corrected chi connectivity index (χ3v) is 7.25. The molecule has 0 spiro atoms. The van der Waals surface area contributed by atoms with Crippen molar-refractivity contribution < 1.29 is 13.9 Å². The van der Waals surface area contributed by atoms with Crippen LogP contribution in [0.2, 0.25) is 0 Å². The molecule has 0 bridgehead atoms. The van der Waals surface area contributed by atoms with Gasteiger partial charge in [-0.15, -0.1) is 0 Å². The summed E-state index contributed by atoms with van der Waals surface area (Å²) < 4.78 is 11.5. The van der Waals surface area contributed by atoms with E-state index in [1.54, 1.807) is 12.3 Å². The Morgan fingerprint density at radius 1 is 1.21 bits per heavy atom. The Labute approximate surface area is 195 Å². The lowest BCUT2D eigenvalue weighted by molar-refractivity contribution is -0.0407. The van der Waals surface area contributed by atoms with E-state index in [1.807, 2.05) is 11.8 Å². The molecule has 2 aromatic rings. The van der Waals surface area contributed by atoms with E-state index in [-0.39, 0.29) is 11.5 Å². The summed E-state index contributed by atoms with van der Waals surface area (Å²) in [7, 11) is 0. The molecule has 1 aliphatic carbocycles. The Bertz CT molecular complexity index is 1150. The fourth-order valence-electron chi connectivity index (χ4n) is 5.28. The van der Waals surface area contributed by atoms with Gasteiger partial charge in [-0.1, -0.05) is 0 Å². The number of aromatic nitrogens is 1. The molecule has 0 radical (unpaired) electrons. The van der Waals surface area contributed by atoms with Crippen LogP contribution in [0.15, 0.2) is 16.7 Å². The van der Waals surface area contributed by atoms with Gasteiger partial charge in [-0.3, -0.25) is 4.79 Å². The normalized spacial score (nSPS) is 21.5. The summed E-state index contributed by atoms with van der Waals surface area (Å²) in [4.78, 5) is 22.5. The van der Waals surface area contributed by atoms with Gasteiger partial charge in [0, 0.05) is 37.5 Å². The number of aryl methyl sites for hydroxylation is 1. The highest BCUT2D eigenvalue weighted by Crippen LogP contribution is 2.46. The van der Waals surface area contributed by atoms with Crippen LogP contribution in [0, 0.1) is 18.3 Å². The molecule has 0 unspecified atom stereocenters. The fraction of sp³-hybridized carbons (Fsp3) is 0.577. The van der Waals surface area contributed by atoms with E-state index >= 15 is 0 Å². The molecule has 174 valence electrons. The van der Waals surface area contributed by atoms with Gasteiger partial charge in [-0.25, -0.2) is 4.98 Å². The van der Waals surface area contributed by atoms with Gasteiger partial charge in [0.1, 0.15) is 17.6 Å². The van der Waals surface area contributed by atoms with Crippen molar-refractivity contribution in [1.82, 2.24) is 9.88 Å². The Hall–Kier alpha value is -2.85. The summed E-state index contributed by atoms with van der Waals surface area (Å²) in [5.74, 6) is 1.87. The second-order valence-corrected chi connectivity index (χ2v) is 10.8. The molecular formula is C26H32N4O3. The zero-order valence-corrected chi connectivity index (χ0v) is 20.2. The average Bonchev–Trinajstić information content (AvgIpc) is 3.50. The molecule has 0 aromatic carbocycles. The van der Waals surface area contributed by atoms with E-state index in [9.17, 15) is 10.1 Å². The molecule has 1 amide bonds. The van der Waals surface area contributed by atoms with E-state index in [0.717, 1.165) is 35.5 Å². The molecular weight excluding hydrogens is 416 g/mol. The van der Waals surface area contributed by atoms with Crippen LogP contribution in [0.25, 0.3) is 0 Å². The van der Waals surface area contributed by atoms with Crippen LogP contribution in [-0.2, 0) is 17.8 Å². The van der Waals surface area contributed by atoms with Crippen molar-refractivity contribution in [3.05, 3.63) is 46.0 Å². The molecule has 2 aromatic heterocycles. The first-order valence-corrected chi connectivity index (χ1v) is 11.8. The summed E-state index contributed by atoms with van der Waals surface area (Å²) in [6.45, 7) is 12.5. The molecule has 7 heteroatoms. The number of rotatable bonds is 3. The van der Waals surface area contributed by atoms with Crippen LogP contribution in [-0.4, -0.2) is 46.6 Å². The number of carbonyl (C=O) groups excluding carboxylic acids is 1. The number of anilines is 1. The summed E-state index contributed by atoms with van der Waals surface area (Å²) in [6.07, 6.45) is 4.56. The van der Waals surface area contributed by atoms with Crippen LogP contribution >= 0.6 is 0 Å². The Balaban J connectivity index is 1.50. The second kappa shape index (κ2) is 7.59. The van der Waals surface area contributed by atoms with Crippen LogP contribution in [0.4, 0.5) is 5.82 Å². The highest BCUT2D eigenvalue weighted by atomic mass is 16.5. The van der Waals surface area contributed by atoms with E-state index < -0.39 is 5.54 Å². The zero-order chi connectivity index (χ0) is 23.5. The van der Waals surface area contributed by atoms with Crippen molar-refractivity contribution in [2.24, 2.45) is 0 Å². The average molecular weight is 449 g/mol. The van der Waals surface area contributed by atoms with Crippen LogP contribution < -0.4 is 4.90 Å². The van der Waals surface area contributed by atoms with Gasteiger partial charge < -0.3 is 19.0 Å². The molecule has 5 rings (SSSR count). The Morgan fingerprint density at radius 3 is 2.58 bits per heavy atom. The predicted octanol–water partition coefficient (Wildman–Crippen LogP) is 4.32. The molecule has 4 heterocycles. The number of ether oxygens (including phenoxy) is 1. The lowest BCUT2D eigenvalue weighted by atomic mass is 9.87. The van der Waals surface area contributed by atoms with Crippen LogP contribution in [0.5, 0.6) is 0 Å². The van der Waals surface area contributed by atoms with Crippen molar-refractivity contribution in [2.45, 2.75) is 77.5 Å². The first-order valence-electron chi connectivity index (χ1n) is 11.8. The van der Waals surface area contributed by atoms with Crippen molar-refractivity contribution in [2.75, 3.05) is 24.5 Å². The molecule has 1 saturated carbocycles. The molecule has 2 fully saturated rings. The quantitative estimate of drug-likeness (QED) is 0.695. The first-order chi connectivity index (χ1) is 15.6. The lowest BCUT2D eigenvalue weighted by Gasteiger charge is -2.48. The SMILES string of the molecule is Cc1occc1C(=O)N1CCN(c2nc(C3CC3)c3c(c2C#N)CC(C)(C)OC3)CC1(C)C. The minimum absolute atomic E-state index is 0.0117. The van der Waals surface area contributed by atoms with E-state index in [0.29, 0.717) is 55.5 Å². The number of nitriles is 1. The molecule has 0 atom stereocenters. The summed E-state index contributed by atoms with van der Waals surface area (Å²) in [6, 6.07) is 4.22. The minimum atomic E-state index is -0.425. The van der Waals surface area contributed by atoms with Crippen LogP contribution in [0.3, 0.4) is 0 Å². The first kappa shape index (κ1) is 22.0. The lowest BCUT2D eigenvalue weighted by Crippen LogP contribution is -2.61. The number of pyridine rings is 1. The Morgan fingerprint density at radius 2 is 1.97 bits per heavy atom. The van der Waals surface area contributed by atoms with Crippen molar-refractivity contribution in [3.63, 3.8) is 0 Å². The molecule has 2 aliphatic heterocycles. The number of piperazine rings is 1. The van der Waals surface area contributed by atoms with E-state index in [2.05, 4.69) is 38.7 Å². The molecule has 33 heavy (non-hydrogen) atoms. The van der Waals surface area contributed by atoms with Gasteiger partial charge in [0.25, 0.3) is 5.91 Å². The molecule has 3 aliphatic rings. The maximum atomic E-state index is 13.2. The minimum Gasteiger partial charge on any atom is -0.469 e. The third-order valence-electron chi connectivity index (χ3n) is 7.25. The topological polar surface area (TPSA) is 82.6 Å². The van der Waals surface area contributed by atoms with Gasteiger partial charge in [0.2, 0.25) is 0 Å². The monoisotopic (exact) mass is 448 g/mol.